The SMILES string of the molecule is [CH2-]CC(C1=CC=CC1)C1=CC=CC1.[Cl][Ti+]. The van der Waals surface area contributed by atoms with Gasteiger partial charge in [0.25, 0.3) is 0 Å². The van der Waals surface area contributed by atoms with E-state index in [0.29, 0.717) is 5.92 Å². The predicted octanol–water partition coefficient (Wildman–Crippen LogP) is 4.29. The van der Waals surface area contributed by atoms with E-state index < -0.39 is 0 Å². The second kappa shape index (κ2) is 7.27. The van der Waals surface area contributed by atoms with Crippen LogP contribution in [-0.4, -0.2) is 0 Å². The summed E-state index contributed by atoms with van der Waals surface area (Å²) < 4.78 is 0. The molecule has 78 valence electrons. The normalized spacial score (nSPS) is 17.5. The van der Waals surface area contributed by atoms with E-state index in [1.165, 1.54) is 30.5 Å². The molecule has 2 heteroatoms. The van der Waals surface area contributed by atoms with Gasteiger partial charge in [-0.15, -0.1) is 0 Å². The van der Waals surface area contributed by atoms with Crippen LogP contribution >= 0.6 is 9.30 Å². The molecule has 0 saturated heterocycles. The van der Waals surface area contributed by atoms with Crippen LogP contribution in [0.3, 0.4) is 0 Å². The van der Waals surface area contributed by atoms with Crippen LogP contribution in [0.2, 0.25) is 0 Å². The van der Waals surface area contributed by atoms with E-state index in [0.717, 1.165) is 19.3 Å². The number of hydrogen-bond acceptors (Lipinski definition) is 0. The van der Waals surface area contributed by atoms with Crippen molar-refractivity contribution >= 4 is 9.30 Å². The van der Waals surface area contributed by atoms with Gasteiger partial charge in [0.15, 0.2) is 0 Å². The van der Waals surface area contributed by atoms with Crippen molar-refractivity contribution in [2.45, 2.75) is 19.3 Å². The third kappa shape index (κ3) is 3.48. The first-order valence-corrected chi connectivity index (χ1v) is 7.26. The zero-order chi connectivity index (χ0) is 11.1. The molecular weight excluding hydrogens is 239 g/mol. The van der Waals surface area contributed by atoms with Gasteiger partial charge in [0.1, 0.15) is 0 Å². The van der Waals surface area contributed by atoms with Crippen molar-refractivity contribution in [1.29, 1.82) is 0 Å². The van der Waals surface area contributed by atoms with Gasteiger partial charge in [-0.25, -0.2) is 0 Å². The predicted molar refractivity (Wildman–Crippen MR) is 63.0 cm³/mol. The maximum absolute atomic E-state index is 4.64. The van der Waals surface area contributed by atoms with Crippen LogP contribution in [-0.2, 0) is 19.4 Å². The molecule has 0 saturated carbocycles. The summed E-state index contributed by atoms with van der Waals surface area (Å²) in [7, 11) is 4.64. The topological polar surface area (TPSA) is 0 Å². The van der Waals surface area contributed by atoms with Crippen LogP contribution in [0.1, 0.15) is 19.3 Å². The third-order valence-corrected chi connectivity index (χ3v) is 2.78. The summed E-state index contributed by atoms with van der Waals surface area (Å²) in [5.74, 6) is 0.588. The van der Waals surface area contributed by atoms with Crippen LogP contribution in [0.25, 0.3) is 0 Å². The van der Waals surface area contributed by atoms with E-state index in [1.54, 1.807) is 0 Å². The van der Waals surface area contributed by atoms with Gasteiger partial charge < -0.3 is 6.92 Å². The Kier molecular flexibility index (Phi) is 6.32. The quantitative estimate of drug-likeness (QED) is 0.521. The maximum atomic E-state index is 4.64. The van der Waals surface area contributed by atoms with E-state index in [-0.39, 0.29) is 0 Å². The van der Waals surface area contributed by atoms with Gasteiger partial charge >= 0.3 is 28.7 Å². The second-order valence-electron chi connectivity index (χ2n) is 3.59. The molecule has 2 rings (SSSR count). The van der Waals surface area contributed by atoms with Crippen LogP contribution in [0.15, 0.2) is 47.6 Å². The Hall–Kier alpha value is -0.0357. The molecule has 2 aliphatic carbocycles. The summed E-state index contributed by atoms with van der Waals surface area (Å²) in [5.41, 5.74) is 3.06. The molecule has 0 aliphatic heterocycles. The van der Waals surface area contributed by atoms with E-state index in [2.05, 4.69) is 52.7 Å². The van der Waals surface area contributed by atoms with E-state index in [9.17, 15) is 0 Å². The van der Waals surface area contributed by atoms with Gasteiger partial charge in [-0.05, 0) is 18.8 Å². The zero-order valence-corrected chi connectivity index (χ0v) is 11.1. The number of allylic oxidation sites excluding steroid dienone is 8. The average Bonchev–Trinajstić information content (AvgIpc) is 2.94. The minimum absolute atomic E-state index is 0.588. The summed E-state index contributed by atoms with van der Waals surface area (Å²) in [6.07, 6.45) is 16.5. The van der Waals surface area contributed by atoms with E-state index >= 15 is 0 Å². The molecule has 2 aliphatic rings. The van der Waals surface area contributed by atoms with Crippen molar-refractivity contribution in [1.82, 2.24) is 0 Å². The molecule has 0 aromatic rings. The molecule has 0 atom stereocenters. The summed E-state index contributed by atoms with van der Waals surface area (Å²) >= 11 is 1.47. The van der Waals surface area contributed by atoms with Crippen molar-refractivity contribution < 1.29 is 19.4 Å². The molecule has 0 bridgehead atoms. The molecule has 0 aromatic heterocycles. The molecule has 0 heterocycles. The fraction of sp³-hybridized carbons (Fsp3) is 0.308. The second-order valence-corrected chi connectivity index (χ2v) is 3.59. The minimum atomic E-state index is 0.588. The molecular formula is C13H15ClTi. The Morgan fingerprint density at radius 1 is 1.13 bits per heavy atom. The summed E-state index contributed by atoms with van der Waals surface area (Å²) in [6.45, 7) is 4.04. The van der Waals surface area contributed by atoms with Gasteiger partial charge in [-0.3, -0.25) is 0 Å². The Morgan fingerprint density at radius 3 is 1.87 bits per heavy atom. The molecule has 0 nitrogen and oxygen atoms in total. The first-order chi connectivity index (χ1) is 7.42. The fourth-order valence-corrected chi connectivity index (χ4v) is 2.05. The van der Waals surface area contributed by atoms with Gasteiger partial charge in [0, 0.05) is 0 Å². The van der Waals surface area contributed by atoms with Crippen molar-refractivity contribution in [3.05, 3.63) is 54.5 Å². The Morgan fingerprint density at radius 2 is 1.60 bits per heavy atom. The average molecular weight is 255 g/mol. The zero-order valence-electron chi connectivity index (χ0n) is 8.75. The van der Waals surface area contributed by atoms with Gasteiger partial charge in [-0.2, -0.15) is 6.42 Å². The molecule has 0 amide bonds. The van der Waals surface area contributed by atoms with Crippen LogP contribution in [0, 0.1) is 12.8 Å². The molecule has 15 heavy (non-hydrogen) atoms. The molecule has 0 aromatic carbocycles. The van der Waals surface area contributed by atoms with E-state index in [4.69, 9.17) is 0 Å². The molecule has 0 fully saturated rings. The summed E-state index contributed by atoms with van der Waals surface area (Å²) in [5, 5.41) is 0. The Labute approximate surface area is 108 Å². The first kappa shape index (κ1) is 13.0. The van der Waals surface area contributed by atoms with Crippen LogP contribution in [0.5, 0.6) is 0 Å². The summed E-state index contributed by atoms with van der Waals surface area (Å²) in [6, 6.07) is 0. The van der Waals surface area contributed by atoms with Crippen molar-refractivity contribution in [3.8, 4) is 0 Å². The van der Waals surface area contributed by atoms with Crippen LogP contribution in [0.4, 0.5) is 0 Å². The number of halogens is 1. The van der Waals surface area contributed by atoms with Gasteiger partial charge in [-0.1, -0.05) is 47.6 Å². The molecule has 0 spiro atoms. The molecule has 0 radical (unpaired) electrons. The third-order valence-electron chi connectivity index (χ3n) is 2.78. The Balaban J connectivity index is 0.000000531. The van der Waals surface area contributed by atoms with Crippen LogP contribution < -0.4 is 0 Å². The number of hydrogen-bond donors (Lipinski definition) is 0. The standard InChI is InChI=1S/C13H15.ClH.Ti/c1-2-13(11-7-3-4-8-11)12-9-5-6-10-12;;/h3-7,9,13H,1-2,8,10H2;1H;/q-1;;+2/p-1. The Bertz CT molecular complexity index is 280. The van der Waals surface area contributed by atoms with Crippen molar-refractivity contribution in [3.63, 3.8) is 0 Å². The fourth-order valence-electron chi connectivity index (χ4n) is 2.05. The molecule has 0 unspecified atom stereocenters. The molecule has 0 N–H and O–H groups in total. The number of rotatable bonds is 3. The van der Waals surface area contributed by atoms with Gasteiger partial charge in [0.2, 0.25) is 0 Å². The van der Waals surface area contributed by atoms with E-state index in [1.807, 2.05) is 0 Å². The first-order valence-electron chi connectivity index (χ1n) is 5.11. The van der Waals surface area contributed by atoms with Gasteiger partial charge in [0.05, 0.1) is 0 Å². The summed E-state index contributed by atoms with van der Waals surface area (Å²) in [4.78, 5) is 0. The monoisotopic (exact) mass is 254 g/mol. The van der Waals surface area contributed by atoms with Crippen molar-refractivity contribution in [2.24, 2.45) is 5.92 Å². The van der Waals surface area contributed by atoms with Crippen molar-refractivity contribution in [2.75, 3.05) is 0 Å².